The zero-order valence-electron chi connectivity index (χ0n) is 14.7. The van der Waals surface area contributed by atoms with E-state index >= 15 is 0 Å². The molecule has 2 N–H and O–H groups in total. The molecule has 1 aliphatic heterocycles. The molecule has 26 heavy (non-hydrogen) atoms. The molecule has 0 spiro atoms. The molecule has 1 aliphatic carbocycles. The topological polar surface area (TPSA) is 74.0 Å². The first-order valence-corrected chi connectivity index (χ1v) is 9.10. The summed E-state index contributed by atoms with van der Waals surface area (Å²) in [5.41, 5.74) is -0.850. The number of terminal acetylenes is 1. The van der Waals surface area contributed by atoms with Gasteiger partial charge < -0.3 is 10.4 Å². The third kappa shape index (κ3) is 4.47. The van der Waals surface area contributed by atoms with Crippen molar-refractivity contribution < 1.29 is 14.3 Å². The Morgan fingerprint density at radius 1 is 1.35 bits per heavy atom. The lowest BCUT2D eigenvalue weighted by molar-refractivity contribution is -0.122. The normalized spacial score (nSPS) is 26.1. The monoisotopic (exact) mass is 357 g/mol. The van der Waals surface area contributed by atoms with Gasteiger partial charge in [-0.05, 0) is 43.4 Å². The third-order valence-electron chi connectivity index (χ3n) is 5.34. The van der Waals surface area contributed by atoms with Crippen LogP contribution in [0, 0.1) is 18.2 Å². The fourth-order valence-corrected chi connectivity index (χ4v) is 3.59. The van der Waals surface area contributed by atoms with E-state index in [0.717, 1.165) is 0 Å². The summed E-state index contributed by atoms with van der Waals surface area (Å²) in [7, 11) is 0. The van der Waals surface area contributed by atoms with Gasteiger partial charge in [0, 0.05) is 31.7 Å². The molecule has 0 saturated heterocycles. The minimum absolute atomic E-state index is 0.0245. The quantitative estimate of drug-likeness (QED) is 0.734. The lowest BCUT2D eigenvalue weighted by Gasteiger charge is -2.36. The van der Waals surface area contributed by atoms with E-state index in [4.69, 9.17) is 6.42 Å². The number of nitrogens with one attached hydrogen (secondary N) is 1. The highest BCUT2D eigenvalue weighted by molar-refractivity contribution is 5.76. The van der Waals surface area contributed by atoms with Crippen molar-refractivity contribution in [3.05, 3.63) is 35.6 Å². The second kappa shape index (κ2) is 7.55. The maximum absolute atomic E-state index is 13.4. The van der Waals surface area contributed by atoms with Crippen LogP contribution in [0.1, 0.15) is 56.9 Å². The van der Waals surface area contributed by atoms with Gasteiger partial charge in [-0.3, -0.25) is 4.79 Å². The summed E-state index contributed by atoms with van der Waals surface area (Å²) in [6, 6.07) is 6.15. The van der Waals surface area contributed by atoms with E-state index in [1.54, 1.807) is 12.1 Å². The van der Waals surface area contributed by atoms with Crippen LogP contribution in [0.25, 0.3) is 0 Å². The van der Waals surface area contributed by atoms with Crippen LogP contribution in [-0.4, -0.2) is 22.7 Å². The Labute approximate surface area is 153 Å². The van der Waals surface area contributed by atoms with Gasteiger partial charge in [0.2, 0.25) is 5.91 Å². The van der Waals surface area contributed by atoms with Gasteiger partial charge >= 0.3 is 0 Å². The van der Waals surface area contributed by atoms with Crippen molar-refractivity contribution in [3.63, 3.8) is 0 Å². The molecule has 0 radical (unpaired) electrons. The summed E-state index contributed by atoms with van der Waals surface area (Å²) < 4.78 is 13.4. The summed E-state index contributed by atoms with van der Waals surface area (Å²) in [4.78, 5) is 12.2. The summed E-state index contributed by atoms with van der Waals surface area (Å²) in [5.74, 6) is 2.20. The third-order valence-corrected chi connectivity index (χ3v) is 5.34. The molecule has 3 rings (SSSR count). The molecule has 1 aromatic carbocycles. The fourth-order valence-electron chi connectivity index (χ4n) is 3.59. The Hall–Kier alpha value is -2.26. The fraction of sp³-hybridized carbons (Fsp3) is 0.550. The highest BCUT2D eigenvalue weighted by Gasteiger charge is 2.40. The molecule has 1 aromatic rings. The Bertz CT molecular complexity index is 727. The number of amides is 1. The highest BCUT2D eigenvalue weighted by atomic mass is 19.1. The van der Waals surface area contributed by atoms with Crippen LogP contribution in [0.3, 0.4) is 0 Å². The Morgan fingerprint density at radius 2 is 2.08 bits per heavy atom. The predicted octanol–water partition coefficient (Wildman–Crippen LogP) is 3.43. The maximum atomic E-state index is 13.4. The number of hydrogen-bond acceptors (Lipinski definition) is 4. The van der Waals surface area contributed by atoms with Crippen LogP contribution in [0.5, 0.6) is 0 Å². The van der Waals surface area contributed by atoms with Crippen LogP contribution in [0.15, 0.2) is 34.5 Å². The molecule has 1 heterocycles. The summed E-state index contributed by atoms with van der Waals surface area (Å²) in [6.07, 6.45) is 9.83. The average Bonchev–Trinajstić information content (AvgIpc) is 3.41. The molecule has 0 atom stereocenters. The minimum Gasteiger partial charge on any atom is -0.385 e. The van der Waals surface area contributed by atoms with Gasteiger partial charge in [-0.25, -0.2) is 4.39 Å². The molecule has 0 bridgehead atoms. The van der Waals surface area contributed by atoms with E-state index in [-0.39, 0.29) is 17.8 Å². The van der Waals surface area contributed by atoms with Crippen molar-refractivity contribution in [3.8, 4) is 12.3 Å². The zero-order chi connectivity index (χ0) is 18.6. The van der Waals surface area contributed by atoms with Crippen molar-refractivity contribution in [2.75, 3.05) is 0 Å². The maximum Gasteiger partial charge on any atom is 0.220 e. The van der Waals surface area contributed by atoms with Gasteiger partial charge in [-0.1, -0.05) is 12.1 Å². The second-order valence-corrected chi connectivity index (χ2v) is 7.27. The van der Waals surface area contributed by atoms with E-state index in [0.29, 0.717) is 56.9 Å². The van der Waals surface area contributed by atoms with Gasteiger partial charge in [-0.15, -0.1) is 12.3 Å². The van der Waals surface area contributed by atoms with Crippen molar-refractivity contribution in [1.29, 1.82) is 0 Å². The number of benzene rings is 1. The van der Waals surface area contributed by atoms with Gasteiger partial charge in [0.1, 0.15) is 5.82 Å². The van der Waals surface area contributed by atoms with E-state index in [9.17, 15) is 14.3 Å². The first-order valence-electron chi connectivity index (χ1n) is 9.10. The molecule has 138 valence electrons. The van der Waals surface area contributed by atoms with E-state index in [1.165, 1.54) is 12.1 Å². The molecular formula is C20H24FN3O2. The number of hydrogen-bond donors (Lipinski definition) is 2. The second-order valence-electron chi connectivity index (χ2n) is 7.27. The minimum atomic E-state index is -1.02. The van der Waals surface area contributed by atoms with Crippen molar-refractivity contribution in [2.24, 2.45) is 10.2 Å². The summed E-state index contributed by atoms with van der Waals surface area (Å²) in [5, 5.41) is 21.9. The van der Waals surface area contributed by atoms with Crippen LogP contribution >= 0.6 is 0 Å². The largest absolute Gasteiger partial charge is 0.385 e. The molecule has 1 saturated carbocycles. The standard InChI is InChI=1S/C20H24FN3O2/c1-2-3-10-20(23-24-20)13-9-18(25)22-17-7-11-19(26,12-8-17)15-5-4-6-16(21)14-15/h1,4-6,14,17,26H,3,7-13H2,(H,22,25). The number of nitrogens with zero attached hydrogens (tertiary/aromatic N) is 2. The summed E-state index contributed by atoms with van der Waals surface area (Å²) in [6.45, 7) is 0. The van der Waals surface area contributed by atoms with Gasteiger partial charge in [0.15, 0.2) is 5.66 Å². The summed E-state index contributed by atoms with van der Waals surface area (Å²) >= 11 is 0. The Kier molecular flexibility index (Phi) is 5.38. The van der Waals surface area contributed by atoms with Crippen molar-refractivity contribution in [1.82, 2.24) is 5.32 Å². The Balaban J connectivity index is 1.44. The zero-order valence-corrected chi connectivity index (χ0v) is 14.7. The predicted molar refractivity (Wildman–Crippen MR) is 95.6 cm³/mol. The molecule has 2 aliphatic rings. The Morgan fingerprint density at radius 3 is 2.69 bits per heavy atom. The van der Waals surface area contributed by atoms with Gasteiger partial charge in [-0.2, -0.15) is 10.2 Å². The smallest absolute Gasteiger partial charge is 0.220 e. The van der Waals surface area contributed by atoms with Gasteiger partial charge in [0.05, 0.1) is 5.60 Å². The number of halogens is 1. The van der Waals surface area contributed by atoms with E-state index in [2.05, 4.69) is 21.5 Å². The van der Waals surface area contributed by atoms with Crippen molar-refractivity contribution in [2.45, 2.75) is 68.7 Å². The first kappa shape index (κ1) is 18.5. The molecule has 0 aromatic heterocycles. The lowest BCUT2D eigenvalue weighted by atomic mass is 9.77. The van der Waals surface area contributed by atoms with Crippen LogP contribution in [-0.2, 0) is 10.4 Å². The molecule has 6 heteroatoms. The number of rotatable bonds is 7. The number of carbonyl (C=O) groups excluding carboxylic acids is 1. The average molecular weight is 357 g/mol. The van der Waals surface area contributed by atoms with Crippen molar-refractivity contribution >= 4 is 5.91 Å². The molecule has 5 nitrogen and oxygen atoms in total. The molecular weight excluding hydrogens is 333 g/mol. The van der Waals surface area contributed by atoms with E-state index in [1.807, 2.05) is 0 Å². The lowest BCUT2D eigenvalue weighted by Crippen LogP contribution is -2.42. The molecule has 1 amide bonds. The van der Waals surface area contributed by atoms with Crippen LogP contribution in [0.4, 0.5) is 4.39 Å². The first-order chi connectivity index (χ1) is 12.4. The number of aliphatic hydroxyl groups is 1. The van der Waals surface area contributed by atoms with Crippen LogP contribution < -0.4 is 5.32 Å². The molecule has 0 unspecified atom stereocenters. The number of carbonyl (C=O) groups is 1. The van der Waals surface area contributed by atoms with Crippen LogP contribution in [0.2, 0.25) is 0 Å². The van der Waals surface area contributed by atoms with E-state index < -0.39 is 11.3 Å². The van der Waals surface area contributed by atoms with Gasteiger partial charge in [0.25, 0.3) is 0 Å². The highest BCUT2D eigenvalue weighted by Crippen LogP contribution is 2.39. The molecule has 1 fully saturated rings. The SMILES string of the molecule is C#CCCC1(CCC(=O)NC2CCC(O)(c3cccc(F)c3)CC2)N=N1.